The van der Waals surface area contributed by atoms with Crippen molar-refractivity contribution in [3.05, 3.63) is 36.1 Å². The quantitative estimate of drug-likeness (QED) is 0.757. The molecule has 2 aromatic rings. The molecule has 0 saturated carbocycles. The predicted molar refractivity (Wildman–Crippen MR) is 72.9 cm³/mol. The van der Waals surface area contributed by atoms with E-state index in [0.717, 1.165) is 17.5 Å². The van der Waals surface area contributed by atoms with Crippen LogP contribution in [0.25, 0.3) is 11.0 Å². The van der Waals surface area contributed by atoms with Crippen LogP contribution in [0.15, 0.2) is 34.7 Å². The summed E-state index contributed by atoms with van der Waals surface area (Å²) in [6, 6.07) is 9.88. The van der Waals surface area contributed by atoms with Crippen LogP contribution >= 0.6 is 0 Å². The molecule has 0 spiro atoms. The Hall–Kier alpha value is -1.61. The van der Waals surface area contributed by atoms with Gasteiger partial charge in [-0.2, -0.15) is 0 Å². The SMILES string of the molecule is CCN(CC(=O)c1cc2ccccc2o1)C(C)C. The molecule has 0 aliphatic rings. The molecule has 0 radical (unpaired) electrons. The smallest absolute Gasteiger partial charge is 0.211 e. The maximum Gasteiger partial charge on any atom is 0.211 e. The Morgan fingerprint density at radius 3 is 2.67 bits per heavy atom. The van der Waals surface area contributed by atoms with Crippen molar-refractivity contribution >= 4 is 16.8 Å². The van der Waals surface area contributed by atoms with Gasteiger partial charge >= 0.3 is 0 Å². The molecule has 0 N–H and O–H groups in total. The lowest BCUT2D eigenvalue weighted by Gasteiger charge is -2.23. The summed E-state index contributed by atoms with van der Waals surface area (Å²) in [4.78, 5) is 14.3. The van der Waals surface area contributed by atoms with E-state index in [1.54, 1.807) is 0 Å². The van der Waals surface area contributed by atoms with Crippen LogP contribution in [0.3, 0.4) is 0 Å². The van der Waals surface area contributed by atoms with Gasteiger partial charge in [-0.25, -0.2) is 0 Å². The van der Waals surface area contributed by atoms with Gasteiger partial charge in [0.2, 0.25) is 5.78 Å². The minimum absolute atomic E-state index is 0.0433. The van der Waals surface area contributed by atoms with Crippen LogP contribution in [0.5, 0.6) is 0 Å². The molecule has 0 atom stereocenters. The van der Waals surface area contributed by atoms with E-state index >= 15 is 0 Å². The molecular weight excluding hydrogens is 226 g/mol. The first-order chi connectivity index (χ1) is 8.61. The minimum Gasteiger partial charge on any atom is -0.453 e. The molecular formula is C15H19NO2. The van der Waals surface area contributed by atoms with Crippen molar-refractivity contribution < 1.29 is 9.21 Å². The maximum absolute atomic E-state index is 12.2. The molecule has 0 unspecified atom stereocenters. The second kappa shape index (κ2) is 5.36. The van der Waals surface area contributed by atoms with Gasteiger partial charge in [-0.15, -0.1) is 0 Å². The van der Waals surface area contributed by atoms with Crippen molar-refractivity contribution in [2.75, 3.05) is 13.1 Å². The van der Waals surface area contributed by atoms with Crippen LogP contribution in [0.4, 0.5) is 0 Å². The van der Waals surface area contributed by atoms with Crippen molar-refractivity contribution in [2.24, 2.45) is 0 Å². The first kappa shape index (κ1) is 12.8. The van der Waals surface area contributed by atoms with Gasteiger partial charge in [0.25, 0.3) is 0 Å². The number of likely N-dealkylation sites (N-methyl/N-ethyl adjacent to an activating group) is 1. The molecule has 2 rings (SSSR count). The number of para-hydroxylation sites is 1. The normalized spacial score (nSPS) is 11.6. The zero-order valence-electron chi connectivity index (χ0n) is 11.1. The maximum atomic E-state index is 12.2. The van der Waals surface area contributed by atoms with E-state index in [0.29, 0.717) is 18.3 Å². The molecule has 3 nitrogen and oxygen atoms in total. The van der Waals surface area contributed by atoms with Crippen LogP contribution in [0.1, 0.15) is 31.3 Å². The van der Waals surface area contributed by atoms with Crippen LogP contribution in [-0.2, 0) is 0 Å². The van der Waals surface area contributed by atoms with E-state index in [1.165, 1.54) is 0 Å². The summed E-state index contributed by atoms with van der Waals surface area (Å²) < 4.78 is 5.58. The Labute approximate surface area is 107 Å². The van der Waals surface area contributed by atoms with Gasteiger partial charge in [-0.1, -0.05) is 25.1 Å². The number of ketones is 1. The standard InChI is InChI=1S/C15H19NO2/c1-4-16(11(2)3)10-13(17)15-9-12-7-5-6-8-14(12)18-15/h5-9,11H,4,10H2,1-3H3. The van der Waals surface area contributed by atoms with Crippen LogP contribution in [0, 0.1) is 0 Å². The molecule has 0 amide bonds. The summed E-state index contributed by atoms with van der Waals surface area (Å²) in [5, 5.41) is 0.980. The average Bonchev–Trinajstić information content (AvgIpc) is 2.79. The Bertz CT molecular complexity index is 509. The highest BCUT2D eigenvalue weighted by Crippen LogP contribution is 2.19. The van der Waals surface area contributed by atoms with Crippen LogP contribution < -0.4 is 0 Å². The number of Topliss-reactive ketones (excluding diaryl/α,β-unsaturated/α-hetero) is 1. The number of rotatable bonds is 5. The number of fused-ring (bicyclic) bond motifs is 1. The number of nitrogens with zero attached hydrogens (tertiary/aromatic N) is 1. The summed E-state index contributed by atoms with van der Waals surface area (Å²) in [7, 11) is 0. The fourth-order valence-electron chi connectivity index (χ4n) is 2.04. The van der Waals surface area contributed by atoms with Crippen LogP contribution in [0.2, 0.25) is 0 Å². The third-order valence-corrected chi connectivity index (χ3v) is 3.18. The number of hydrogen-bond acceptors (Lipinski definition) is 3. The van der Waals surface area contributed by atoms with Gasteiger partial charge in [0, 0.05) is 11.4 Å². The third kappa shape index (κ3) is 2.62. The van der Waals surface area contributed by atoms with Crippen molar-refractivity contribution in [2.45, 2.75) is 26.8 Å². The molecule has 0 bridgehead atoms. The van der Waals surface area contributed by atoms with Crippen molar-refractivity contribution in [3.8, 4) is 0 Å². The lowest BCUT2D eigenvalue weighted by atomic mass is 10.2. The largest absolute Gasteiger partial charge is 0.453 e. The van der Waals surface area contributed by atoms with Gasteiger partial charge in [-0.3, -0.25) is 9.69 Å². The number of carbonyl (C=O) groups is 1. The Morgan fingerprint density at radius 1 is 1.33 bits per heavy atom. The number of furan rings is 1. The summed E-state index contributed by atoms with van der Waals surface area (Å²) in [6.07, 6.45) is 0. The zero-order valence-corrected chi connectivity index (χ0v) is 11.1. The van der Waals surface area contributed by atoms with E-state index in [1.807, 2.05) is 30.3 Å². The van der Waals surface area contributed by atoms with E-state index in [2.05, 4.69) is 25.7 Å². The van der Waals surface area contributed by atoms with E-state index in [4.69, 9.17) is 4.42 Å². The average molecular weight is 245 g/mol. The molecule has 1 heterocycles. The van der Waals surface area contributed by atoms with Crippen LogP contribution in [-0.4, -0.2) is 29.8 Å². The highest BCUT2D eigenvalue weighted by Gasteiger charge is 2.17. The van der Waals surface area contributed by atoms with Gasteiger partial charge in [0.05, 0.1) is 6.54 Å². The molecule has 0 aliphatic heterocycles. The molecule has 3 heteroatoms. The van der Waals surface area contributed by atoms with Crippen molar-refractivity contribution in [1.29, 1.82) is 0 Å². The highest BCUT2D eigenvalue weighted by molar-refractivity contribution is 5.98. The van der Waals surface area contributed by atoms with Crippen molar-refractivity contribution in [3.63, 3.8) is 0 Å². The summed E-state index contributed by atoms with van der Waals surface area (Å²) in [6.45, 7) is 7.52. The molecule has 0 aliphatic carbocycles. The van der Waals surface area contributed by atoms with Gasteiger partial charge in [-0.05, 0) is 32.5 Å². The molecule has 0 fully saturated rings. The first-order valence-electron chi connectivity index (χ1n) is 6.37. The number of benzene rings is 1. The van der Waals surface area contributed by atoms with E-state index in [9.17, 15) is 4.79 Å². The van der Waals surface area contributed by atoms with Gasteiger partial charge < -0.3 is 4.42 Å². The topological polar surface area (TPSA) is 33.5 Å². The van der Waals surface area contributed by atoms with Gasteiger partial charge in [0.1, 0.15) is 5.58 Å². The lowest BCUT2D eigenvalue weighted by molar-refractivity contribution is 0.0886. The third-order valence-electron chi connectivity index (χ3n) is 3.18. The lowest BCUT2D eigenvalue weighted by Crippen LogP contribution is -2.35. The molecule has 1 aromatic heterocycles. The second-order valence-corrected chi connectivity index (χ2v) is 4.73. The Kier molecular flexibility index (Phi) is 3.82. The highest BCUT2D eigenvalue weighted by atomic mass is 16.3. The molecule has 18 heavy (non-hydrogen) atoms. The fraction of sp³-hybridized carbons (Fsp3) is 0.400. The second-order valence-electron chi connectivity index (χ2n) is 4.73. The molecule has 1 aromatic carbocycles. The minimum atomic E-state index is 0.0433. The van der Waals surface area contributed by atoms with Crippen molar-refractivity contribution in [1.82, 2.24) is 4.90 Å². The number of hydrogen-bond donors (Lipinski definition) is 0. The monoisotopic (exact) mass is 245 g/mol. The molecule has 96 valence electrons. The summed E-state index contributed by atoms with van der Waals surface area (Å²) >= 11 is 0. The zero-order chi connectivity index (χ0) is 13.1. The first-order valence-corrected chi connectivity index (χ1v) is 6.37. The summed E-state index contributed by atoms with van der Waals surface area (Å²) in [5.74, 6) is 0.497. The Morgan fingerprint density at radius 2 is 2.06 bits per heavy atom. The van der Waals surface area contributed by atoms with E-state index in [-0.39, 0.29) is 5.78 Å². The van der Waals surface area contributed by atoms with Gasteiger partial charge in [0.15, 0.2) is 5.76 Å². The summed E-state index contributed by atoms with van der Waals surface area (Å²) in [5.41, 5.74) is 0.772. The number of carbonyl (C=O) groups excluding carboxylic acids is 1. The predicted octanol–water partition coefficient (Wildman–Crippen LogP) is 3.35. The van der Waals surface area contributed by atoms with E-state index < -0.39 is 0 Å². The molecule has 0 saturated heterocycles. The Balaban J connectivity index is 2.18. The fourth-order valence-corrected chi connectivity index (χ4v) is 2.04.